The second-order valence-corrected chi connectivity index (χ2v) is 8.73. The van der Waals surface area contributed by atoms with Gasteiger partial charge in [0.2, 0.25) is 5.91 Å². The van der Waals surface area contributed by atoms with Crippen molar-refractivity contribution in [2.24, 2.45) is 0 Å². The molecule has 1 saturated heterocycles. The summed E-state index contributed by atoms with van der Waals surface area (Å²) in [6.45, 7) is 1.04. The summed E-state index contributed by atoms with van der Waals surface area (Å²) in [4.78, 5) is 30.6. The summed E-state index contributed by atoms with van der Waals surface area (Å²) in [5, 5.41) is 8.75. The lowest BCUT2D eigenvalue weighted by atomic mass is 9.91. The number of likely N-dealkylation sites (tertiary alicyclic amines) is 1. The van der Waals surface area contributed by atoms with Crippen LogP contribution >= 0.6 is 11.6 Å². The van der Waals surface area contributed by atoms with Crippen LogP contribution in [0, 0.1) is 5.82 Å². The third kappa shape index (κ3) is 3.95. The summed E-state index contributed by atoms with van der Waals surface area (Å²) in [6, 6.07) is 9.67. The van der Waals surface area contributed by atoms with Crippen LogP contribution in [0.5, 0.6) is 0 Å². The fraction of sp³-hybridized carbons (Fsp3) is 0.292. The number of fused-ring (bicyclic) bond motifs is 2. The average Bonchev–Trinajstić information content (AvgIpc) is 3.38. The Morgan fingerprint density at radius 1 is 1.21 bits per heavy atom. The maximum absolute atomic E-state index is 13.7. The van der Waals surface area contributed by atoms with Gasteiger partial charge < -0.3 is 19.7 Å². The van der Waals surface area contributed by atoms with E-state index >= 15 is 0 Å². The molecule has 2 amide bonds. The molecular weight excluding hydrogens is 447 g/mol. The fourth-order valence-corrected chi connectivity index (χ4v) is 4.76. The van der Waals surface area contributed by atoms with Gasteiger partial charge in [-0.3, -0.25) is 9.59 Å². The Morgan fingerprint density at radius 2 is 2.00 bits per heavy atom. The number of aromatic amines is 1. The smallest absolute Gasteiger partial charge is 0.256 e. The van der Waals surface area contributed by atoms with Gasteiger partial charge >= 0.3 is 0 Å². The zero-order valence-electron chi connectivity index (χ0n) is 18.0. The molecule has 170 valence electrons. The van der Waals surface area contributed by atoms with E-state index in [1.54, 1.807) is 36.2 Å². The summed E-state index contributed by atoms with van der Waals surface area (Å²) in [7, 11) is 1.56. The molecule has 7 nitrogen and oxygen atoms in total. The van der Waals surface area contributed by atoms with Crippen molar-refractivity contribution in [3.05, 3.63) is 64.2 Å². The molecule has 2 aromatic heterocycles. The molecule has 4 aromatic rings. The van der Waals surface area contributed by atoms with E-state index in [0.717, 1.165) is 16.6 Å². The predicted molar refractivity (Wildman–Crippen MR) is 123 cm³/mol. The number of piperidine rings is 1. The second-order valence-electron chi connectivity index (χ2n) is 8.29. The molecule has 33 heavy (non-hydrogen) atoms. The highest BCUT2D eigenvalue weighted by Crippen LogP contribution is 2.34. The number of likely N-dealkylation sites (N-methyl/N-ethyl adjacent to an activating group) is 1. The number of hydrogen-bond acceptors (Lipinski definition) is 4. The van der Waals surface area contributed by atoms with Crippen LogP contribution in [0.4, 0.5) is 4.39 Å². The number of aromatic nitrogens is 2. The van der Waals surface area contributed by atoms with Gasteiger partial charge in [0.05, 0.1) is 17.7 Å². The maximum Gasteiger partial charge on any atom is 0.256 e. The fourth-order valence-electron chi connectivity index (χ4n) is 4.59. The number of amides is 2. The lowest BCUT2D eigenvalue weighted by Gasteiger charge is -2.31. The number of halogens is 2. The zero-order valence-corrected chi connectivity index (χ0v) is 18.7. The third-order valence-corrected chi connectivity index (χ3v) is 6.53. The summed E-state index contributed by atoms with van der Waals surface area (Å²) >= 11 is 6.13. The van der Waals surface area contributed by atoms with E-state index in [4.69, 9.17) is 16.1 Å². The Labute approximate surface area is 193 Å². The molecule has 0 spiro atoms. The molecule has 0 aliphatic carbocycles. The highest BCUT2D eigenvalue weighted by Gasteiger charge is 2.30. The molecule has 1 aliphatic heterocycles. The van der Waals surface area contributed by atoms with Crippen molar-refractivity contribution in [2.45, 2.75) is 25.2 Å². The van der Waals surface area contributed by atoms with E-state index in [0.29, 0.717) is 53.2 Å². The summed E-state index contributed by atoms with van der Waals surface area (Å²) in [6.07, 6.45) is 1.43. The van der Waals surface area contributed by atoms with Crippen molar-refractivity contribution >= 4 is 45.3 Å². The summed E-state index contributed by atoms with van der Waals surface area (Å²) in [5.74, 6) is -0.575. The SMILES string of the molecule is CNC(=O)Cc1[nH]c2cc(Cl)ccc2c1C(=O)N1CCC(c2noc3ccc(F)cc23)CC1. The Bertz CT molecular complexity index is 1370. The topological polar surface area (TPSA) is 91.2 Å². The molecule has 5 rings (SSSR count). The molecule has 0 bridgehead atoms. The Morgan fingerprint density at radius 3 is 2.76 bits per heavy atom. The van der Waals surface area contributed by atoms with Crippen LogP contribution in [0.15, 0.2) is 40.9 Å². The first kappa shape index (κ1) is 21.5. The number of carbonyl (C=O) groups excluding carboxylic acids is 2. The van der Waals surface area contributed by atoms with E-state index < -0.39 is 0 Å². The van der Waals surface area contributed by atoms with Crippen molar-refractivity contribution in [2.75, 3.05) is 20.1 Å². The van der Waals surface area contributed by atoms with E-state index in [-0.39, 0.29) is 30.0 Å². The van der Waals surface area contributed by atoms with Crippen molar-refractivity contribution in [1.29, 1.82) is 0 Å². The van der Waals surface area contributed by atoms with Gasteiger partial charge in [-0.15, -0.1) is 0 Å². The number of nitrogens with one attached hydrogen (secondary N) is 2. The van der Waals surface area contributed by atoms with Crippen LogP contribution < -0.4 is 5.32 Å². The zero-order chi connectivity index (χ0) is 23.1. The Kier molecular flexibility index (Phi) is 5.54. The van der Waals surface area contributed by atoms with E-state index in [2.05, 4.69) is 15.5 Å². The highest BCUT2D eigenvalue weighted by molar-refractivity contribution is 6.31. The maximum atomic E-state index is 13.7. The average molecular weight is 469 g/mol. The van der Waals surface area contributed by atoms with Gasteiger partial charge in [0.1, 0.15) is 5.82 Å². The minimum Gasteiger partial charge on any atom is -0.359 e. The standard InChI is InChI=1S/C24H22ClFN4O3/c1-27-21(31)12-19-22(16-4-2-14(25)10-18(16)28-19)24(32)30-8-6-13(7-9-30)23-17-11-15(26)3-5-20(17)33-29-23/h2-5,10-11,13,28H,6-9,12H2,1H3,(H,27,31). The monoisotopic (exact) mass is 468 g/mol. The van der Waals surface area contributed by atoms with Crippen molar-refractivity contribution in [1.82, 2.24) is 20.4 Å². The van der Waals surface area contributed by atoms with Gasteiger partial charge in [0, 0.05) is 53.1 Å². The van der Waals surface area contributed by atoms with Crippen molar-refractivity contribution in [3.8, 4) is 0 Å². The van der Waals surface area contributed by atoms with E-state index in [9.17, 15) is 14.0 Å². The van der Waals surface area contributed by atoms with Crippen molar-refractivity contribution in [3.63, 3.8) is 0 Å². The highest BCUT2D eigenvalue weighted by atomic mass is 35.5. The number of carbonyl (C=O) groups is 2. The van der Waals surface area contributed by atoms with Crippen LogP contribution in [-0.4, -0.2) is 47.0 Å². The molecule has 1 aliphatic rings. The lowest BCUT2D eigenvalue weighted by molar-refractivity contribution is -0.120. The quantitative estimate of drug-likeness (QED) is 0.464. The van der Waals surface area contributed by atoms with Crippen LogP contribution in [-0.2, 0) is 11.2 Å². The molecule has 2 N–H and O–H groups in total. The minimum atomic E-state index is -0.331. The van der Waals surface area contributed by atoms with Crippen LogP contribution in [0.2, 0.25) is 5.02 Å². The normalized spacial score (nSPS) is 14.8. The largest absolute Gasteiger partial charge is 0.359 e. The molecule has 0 unspecified atom stereocenters. The molecule has 3 heterocycles. The van der Waals surface area contributed by atoms with E-state index in [1.165, 1.54) is 12.1 Å². The number of H-pyrrole nitrogens is 1. The molecular formula is C24H22ClFN4O3. The first-order chi connectivity index (χ1) is 15.9. The van der Waals surface area contributed by atoms with Gasteiger partial charge in [-0.2, -0.15) is 0 Å². The third-order valence-electron chi connectivity index (χ3n) is 6.30. The Balaban J connectivity index is 1.40. The summed E-state index contributed by atoms with van der Waals surface area (Å²) in [5.41, 5.74) is 3.07. The van der Waals surface area contributed by atoms with Gasteiger partial charge in [-0.05, 0) is 43.2 Å². The Hall–Kier alpha value is -3.39. The molecule has 1 fully saturated rings. The van der Waals surface area contributed by atoms with Gasteiger partial charge in [-0.25, -0.2) is 4.39 Å². The number of nitrogens with zero attached hydrogens (tertiary/aromatic N) is 2. The number of benzene rings is 2. The predicted octanol–water partition coefficient (Wildman–Crippen LogP) is 4.41. The number of hydrogen-bond donors (Lipinski definition) is 2. The molecule has 0 atom stereocenters. The van der Waals surface area contributed by atoms with Crippen LogP contribution in [0.25, 0.3) is 21.9 Å². The van der Waals surface area contributed by atoms with Gasteiger partial charge in [-0.1, -0.05) is 22.8 Å². The van der Waals surface area contributed by atoms with Crippen LogP contribution in [0.1, 0.15) is 40.5 Å². The second kappa shape index (κ2) is 8.51. The first-order valence-electron chi connectivity index (χ1n) is 10.8. The summed E-state index contributed by atoms with van der Waals surface area (Å²) < 4.78 is 19.1. The lowest BCUT2D eigenvalue weighted by Crippen LogP contribution is -2.38. The molecule has 9 heteroatoms. The van der Waals surface area contributed by atoms with Gasteiger partial charge in [0.15, 0.2) is 5.58 Å². The number of rotatable bonds is 4. The minimum absolute atomic E-state index is 0.0663. The van der Waals surface area contributed by atoms with E-state index in [1.807, 2.05) is 0 Å². The van der Waals surface area contributed by atoms with Crippen molar-refractivity contribution < 1.29 is 18.5 Å². The molecule has 0 saturated carbocycles. The van der Waals surface area contributed by atoms with Crippen LogP contribution in [0.3, 0.4) is 0 Å². The molecule has 0 radical (unpaired) electrons. The first-order valence-corrected chi connectivity index (χ1v) is 11.2. The molecule has 2 aromatic carbocycles. The van der Waals surface area contributed by atoms with Gasteiger partial charge in [0.25, 0.3) is 5.91 Å².